The number of carbonyl (C=O) groups is 2. The largest absolute Gasteiger partial charge is 0.516 e. The molecule has 22 heavy (non-hydrogen) atoms. The molecule has 0 aliphatic heterocycles. The van der Waals surface area contributed by atoms with Gasteiger partial charge in [0.15, 0.2) is 0 Å². The summed E-state index contributed by atoms with van der Waals surface area (Å²) >= 11 is 0. The molecule has 0 heterocycles. The van der Waals surface area contributed by atoms with Gasteiger partial charge in [0.05, 0.1) is 0 Å². The molecule has 0 aromatic carbocycles. The van der Waals surface area contributed by atoms with Gasteiger partial charge in [0.2, 0.25) is 0 Å². The molecule has 5 heteroatoms. The maximum Gasteiger partial charge on any atom is 0.328 e. The molecule has 4 nitrogen and oxygen atoms in total. The smallest absolute Gasteiger partial charge is 0.328 e. The first-order valence-electron chi connectivity index (χ1n) is 8.55. The Balaban J connectivity index is 5.13. The molecule has 1 N–H and O–H groups in total. The fourth-order valence-electron chi connectivity index (χ4n) is 2.55. The van der Waals surface area contributed by atoms with E-state index in [0.29, 0.717) is 0 Å². The Kier molecular flexibility index (Phi) is 10.9. The monoisotopic (exact) mass is 328 g/mol. The third-order valence-corrected chi connectivity index (χ3v) is 8.34. The molecule has 0 aromatic heterocycles. The lowest BCUT2D eigenvalue weighted by molar-refractivity contribution is -0.134. The van der Waals surface area contributed by atoms with Gasteiger partial charge in [-0.3, -0.25) is 0 Å². The third-order valence-electron chi connectivity index (χ3n) is 3.93. The molecular weight excluding hydrogens is 296 g/mol. The Hall–Kier alpha value is -1.10. The van der Waals surface area contributed by atoms with Gasteiger partial charge in [-0.1, -0.05) is 59.3 Å². The van der Waals surface area contributed by atoms with Gasteiger partial charge in [0, 0.05) is 11.6 Å². The first kappa shape index (κ1) is 20.9. The van der Waals surface area contributed by atoms with Crippen LogP contribution in [0.3, 0.4) is 0 Å². The van der Waals surface area contributed by atoms with E-state index in [0.717, 1.165) is 62.7 Å². The second-order valence-electron chi connectivity index (χ2n) is 6.05. The van der Waals surface area contributed by atoms with Crippen molar-refractivity contribution in [3.63, 3.8) is 0 Å². The standard InChI is InChI=1S/C17H32O4Si/c1-5-8-11-22(12-9-6-2,13-10-7-3)21-17(20)15(4)14-16(18)19/h14H,5-13H2,1-4H3,(H,18,19)/b15-14+. The summed E-state index contributed by atoms with van der Waals surface area (Å²) in [7, 11) is -2.12. The molecule has 0 aliphatic carbocycles. The summed E-state index contributed by atoms with van der Waals surface area (Å²) in [5.74, 6) is -1.53. The highest BCUT2D eigenvalue weighted by Crippen LogP contribution is 2.30. The predicted molar refractivity (Wildman–Crippen MR) is 92.4 cm³/mol. The van der Waals surface area contributed by atoms with Gasteiger partial charge in [0.25, 0.3) is 8.32 Å². The van der Waals surface area contributed by atoms with E-state index >= 15 is 0 Å². The van der Waals surface area contributed by atoms with Gasteiger partial charge in [0.1, 0.15) is 0 Å². The van der Waals surface area contributed by atoms with Crippen molar-refractivity contribution in [2.75, 3.05) is 0 Å². The van der Waals surface area contributed by atoms with Crippen molar-refractivity contribution in [2.24, 2.45) is 0 Å². The van der Waals surface area contributed by atoms with E-state index < -0.39 is 20.3 Å². The zero-order valence-corrected chi connectivity index (χ0v) is 15.6. The van der Waals surface area contributed by atoms with Crippen LogP contribution in [0.5, 0.6) is 0 Å². The minimum absolute atomic E-state index is 0.189. The molecule has 0 atom stereocenters. The number of aliphatic carboxylic acids is 1. The van der Waals surface area contributed by atoms with Crippen LogP contribution in [0.4, 0.5) is 0 Å². The number of carbonyl (C=O) groups excluding carboxylic acids is 1. The van der Waals surface area contributed by atoms with Crippen molar-refractivity contribution in [1.82, 2.24) is 0 Å². The molecule has 0 aromatic rings. The zero-order chi connectivity index (χ0) is 17.0. The van der Waals surface area contributed by atoms with Crippen LogP contribution in [0.1, 0.15) is 66.2 Å². The van der Waals surface area contributed by atoms with Crippen LogP contribution >= 0.6 is 0 Å². The zero-order valence-electron chi connectivity index (χ0n) is 14.6. The lowest BCUT2D eigenvalue weighted by Gasteiger charge is -2.31. The first-order valence-corrected chi connectivity index (χ1v) is 11.1. The maximum atomic E-state index is 12.3. The van der Waals surface area contributed by atoms with E-state index in [4.69, 9.17) is 9.53 Å². The molecule has 0 unspecified atom stereocenters. The second-order valence-corrected chi connectivity index (χ2v) is 10.1. The van der Waals surface area contributed by atoms with Crippen LogP contribution in [0.15, 0.2) is 11.6 Å². The molecule has 0 amide bonds. The van der Waals surface area contributed by atoms with E-state index in [1.807, 2.05) is 0 Å². The molecule has 0 rings (SSSR count). The highest BCUT2D eigenvalue weighted by molar-refractivity contribution is 6.75. The maximum absolute atomic E-state index is 12.3. The number of hydrogen-bond acceptors (Lipinski definition) is 3. The Labute approximate surface area is 136 Å². The molecule has 128 valence electrons. The molecule has 0 saturated carbocycles. The molecule has 0 fully saturated rings. The van der Waals surface area contributed by atoms with E-state index in [9.17, 15) is 9.59 Å². The molecular formula is C17H32O4Si. The summed E-state index contributed by atoms with van der Waals surface area (Å²) in [5.41, 5.74) is 0.189. The lowest BCUT2D eigenvalue weighted by Crippen LogP contribution is -2.40. The van der Waals surface area contributed by atoms with Crippen molar-refractivity contribution < 1.29 is 19.1 Å². The minimum Gasteiger partial charge on any atom is -0.516 e. The van der Waals surface area contributed by atoms with Gasteiger partial charge >= 0.3 is 11.9 Å². The van der Waals surface area contributed by atoms with E-state index in [2.05, 4.69) is 20.8 Å². The first-order chi connectivity index (χ1) is 10.4. The molecule has 0 bridgehead atoms. The van der Waals surface area contributed by atoms with Crippen LogP contribution < -0.4 is 0 Å². The van der Waals surface area contributed by atoms with Crippen LogP contribution in [0.25, 0.3) is 0 Å². The quantitative estimate of drug-likeness (QED) is 0.408. The van der Waals surface area contributed by atoms with Crippen LogP contribution in [-0.4, -0.2) is 25.4 Å². The Morgan fingerprint density at radius 3 is 1.68 bits per heavy atom. The Morgan fingerprint density at radius 2 is 1.36 bits per heavy atom. The Bertz CT molecular complexity index is 355. The molecule has 0 radical (unpaired) electrons. The summed E-state index contributed by atoms with van der Waals surface area (Å²) < 4.78 is 5.98. The van der Waals surface area contributed by atoms with E-state index in [-0.39, 0.29) is 5.57 Å². The van der Waals surface area contributed by atoms with Gasteiger partial charge in [-0.15, -0.1) is 0 Å². The summed E-state index contributed by atoms with van der Waals surface area (Å²) in [6.07, 6.45) is 7.45. The van der Waals surface area contributed by atoms with Gasteiger partial charge in [-0.05, 0) is 25.1 Å². The number of unbranched alkanes of at least 4 members (excludes halogenated alkanes) is 3. The van der Waals surface area contributed by atoms with Gasteiger partial charge in [-0.25, -0.2) is 9.59 Å². The van der Waals surface area contributed by atoms with Crippen molar-refractivity contribution >= 4 is 20.3 Å². The summed E-state index contributed by atoms with van der Waals surface area (Å²) in [4.78, 5) is 23.0. The SMILES string of the molecule is CCCC[Si](CCCC)(CCCC)OC(=O)/C(C)=C/C(=O)O. The number of carboxylic acid groups (broad SMARTS) is 1. The van der Waals surface area contributed by atoms with Crippen molar-refractivity contribution in [1.29, 1.82) is 0 Å². The fraction of sp³-hybridized carbons (Fsp3) is 0.765. The number of carboxylic acids is 1. The second kappa shape index (κ2) is 11.5. The Morgan fingerprint density at radius 1 is 0.955 bits per heavy atom. The highest BCUT2D eigenvalue weighted by Gasteiger charge is 2.37. The fourth-order valence-corrected chi connectivity index (χ4v) is 7.15. The summed E-state index contributed by atoms with van der Waals surface area (Å²) in [5, 5.41) is 8.78. The van der Waals surface area contributed by atoms with Crippen molar-refractivity contribution in [2.45, 2.75) is 84.4 Å². The van der Waals surface area contributed by atoms with Crippen LogP contribution in [0.2, 0.25) is 18.1 Å². The summed E-state index contributed by atoms with van der Waals surface area (Å²) in [6.45, 7) is 7.97. The van der Waals surface area contributed by atoms with E-state index in [1.54, 1.807) is 0 Å². The van der Waals surface area contributed by atoms with Gasteiger partial charge in [-0.2, -0.15) is 0 Å². The lowest BCUT2D eigenvalue weighted by atomic mass is 10.3. The van der Waals surface area contributed by atoms with Gasteiger partial charge < -0.3 is 9.53 Å². The average molecular weight is 329 g/mol. The average Bonchev–Trinajstić information content (AvgIpc) is 2.47. The van der Waals surface area contributed by atoms with Crippen molar-refractivity contribution in [3.05, 3.63) is 11.6 Å². The predicted octanol–water partition coefficient (Wildman–Crippen LogP) is 4.91. The van der Waals surface area contributed by atoms with Crippen LogP contribution in [-0.2, 0) is 14.0 Å². The molecule has 0 aliphatic rings. The molecule has 0 saturated heterocycles. The highest BCUT2D eigenvalue weighted by atomic mass is 28.4. The molecule has 0 spiro atoms. The van der Waals surface area contributed by atoms with Crippen LogP contribution in [0, 0.1) is 0 Å². The third kappa shape index (κ3) is 8.37. The topological polar surface area (TPSA) is 63.6 Å². The normalized spacial score (nSPS) is 12.3. The number of rotatable bonds is 12. The summed E-state index contributed by atoms with van der Waals surface area (Å²) in [6, 6.07) is 2.99. The minimum atomic E-state index is -2.12. The number of hydrogen-bond donors (Lipinski definition) is 1. The van der Waals surface area contributed by atoms with Crippen molar-refractivity contribution in [3.8, 4) is 0 Å². The van der Waals surface area contributed by atoms with E-state index in [1.165, 1.54) is 6.92 Å².